The summed E-state index contributed by atoms with van der Waals surface area (Å²) in [6, 6.07) is 0. The van der Waals surface area contributed by atoms with E-state index < -0.39 is 0 Å². The molecule has 0 N–H and O–H groups in total. The molecule has 0 aliphatic rings. The Bertz CT molecular complexity index is 74.5. The summed E-state index contributed by atoms with van der Waals surface area (Å²) in [6.07, 6.45) is 0. The molecule has 3 heteroatoms. The van der Waals surface area contributed by atoms with Crippen LogP contribution in [0.3, 0.4) is 0 Å². The fourth-order valence-electron chi connectivity index (χ4n) is 0.894. The van der Waals surface area contributed by atoms with Gasteiger partial charge in [0.1, 0.15) is 6.61 Å². The minimum atomic E-state index is -0.127. The molecule has 0 amide bonds. The summed E-state index contributed by atoms with van der Waals surface area (Å²) < 4.78 is 5.06. The van der Waals surface area contributed by atoms with Crippen LogP contribution in [0.4, 0.5) is 0 Å². The first-order valence-electron chi connectivity index (χ1n) is 4.23. The van der Waals surface area contributed by atoms with Crippen molar-refractivity contribution >= 4 is 0 Å². The van der Waals surface area contributed by atoms with Crippen LogP contribution in [-0.4, -0.2) is 44.4 Å². The van der Waals surface area contributed by atoms with Gasteiger partial charge >= 0.3 is 0 Å². The van der Waals surface area contributed by atoms with Crippen LogP contribution in [0.15, 0.2) is 0 Å². The lowest BCUT2D eigenvalue weighted by Gasteiger charge is -2.17. The van der Waals surface area contributed by atoms with E-state index in [9.17, 15) is 5.11 Å². The Kier molecular flexibility index (Phi) is 7.89. The maximum atomic E-state index is 9.98. The molecule has 3 nitrogen and oxygen atoms in total. The van der Waals surface area contributed by atoms with Crippen LogP contribution in [0, 0.1) is 0 Å². The van der Waals surface area contributed by atoms with Crippen molar-refractivity contribution in [1.82, 2.24) is 4.90 Å². The molecule has 0 unspecified atom stereocenters. The molecule has 0 aliphatic carbocycles. The highest BCUT2D eigenvalue weighted by atomic mass is 16.5. The Morgan fingerprint density at radius 3 is 2.27 bits per heavy atom. The molecule has 0 rings (SSSR count). The highest BCUT2D eigenvalue weighted by Crippen LogP contribution is 1.86. The molecule has 0 bridgehead atoms. The normalized spacial score (nSPS) is 10.9. The minimum absolute atomic E-state index is 0.127. The Balaban J connectivity index is 3.07. The second kappa shape index (κ2) is 7.98. The highest BCUT2D eigenvalue weighted by Gasteiger charge is 1.96. The predicted octanol–water partition coefficient (Wildman–Crippen LogP) is 0.775. The molecule has 1 radical (unpaired) electrons. The summed E-state index contributed by atoms with van der Waals surface area (Å²) in [5.74, 6) is 0. The molecule has 11 heavy (non-hydrogen) atoms. The van der Waals surface area contributed by atoms with E-state index in [1.54, 1.807) is 0 Å². The van der Waals surface area contributed by atoms with Crippen molar-refractivity contribution in [2.75, 3.05) is 39.5 Å². The van der Waals surface area contributed by atoms with Crippen molar-refractivity contribution < 1.29 is 9.84 Å². The van der Waals surface area contributed by atoms with Gasteiger partial charge in [-0.2, -0.15) is 0 Å². The van der Waals surface area contributed by atoms with E-state index in [0.29, 0.717) is 13.2 Å². The van der Waals surface area contributed by atoms with E-state index in [0.717, 1.165) is 19.6 Å². The largest absolute Gasteiger partial charge is 0.378 e. The third-order valence-electron chi connectivity index (χ3n) is 1.67. The van der Waals surface area contributed by atoms with Gasteiger partial charge in [-0.25, -0.2) is 5.11 Å². The SMILES string of the molecule is CCN(CC)CCOCC[O]. The summed E-state index contributed by atoms with van der Waals surface area (Å²) in [7, 11) is 0. The maximum absolute atomic E-state index is 9.98. The topological polar surface area (TPSA) is 32.4 Å². The number of hydrogen-bond acceptors (Lipinski definition) is 2. The molecule has 0 aliphatic heterocycles. The summed E-state index contributed by atoms with van der Waals surface area (Å²) in [5.41, 5.74) is 0. The van der Waals surface area contributed by atoms with Crippen LogP contribution in [0.2, 0.25) is 0 Å². The summed E-state index contributed by atoms with van der Waals surface area (Å²) >= 11 is 0. The van der Waals surface area contributed by atoms with Crippen LogP contribution in [0.1, 0.15) is 13.8 Å². The number of nitrogens with zero attached hydrogens (tertiary/aromatic N) is 1. The predicted molar refractivity (Wildman–Crippen MR) is 44.2 cm³/mol. The number of likely N-dealkylation sites (N-methyl/N-ethyl adjacent to an activating group) is 1. The Hall–Kier alpha value is -0.120. The first kappa shape index (κ1) is 10.9. The molecule has 0 aromatic heterocycles. The molecular weight excluding hydrogens is 142 g/mol. The molecule has 0 saturated heterocycles. The van der Waals surface area contributed by atoms with E-state index in [1.807, 2.05) is 0 Å². The molecule has 0 atom stereocenters. The van der Waals surface area contributed by atoms with Crippen LogP contribution in [0.25, 0.3) is 0 Å². The quantitative estimate of drug-likeness (QED) is 0.515. The van der Waals surface area contributed by atoms with Crippen molar-refractivity contribution in [3.8, 4) is 0 Å². The van der Waals surface area contributed by atoms with E-state index in [2.05, 4.69) is 18.7 Å². The molecule has 0 aromatic carbocycles. The van der Waals surface area contributed by atoms with Crippen LogP contribution >= 0.6 is 0 Å². The number of hydrogen-bond donors (Lipinski definition) is 0. The van der Waals surface area contributed by atoms with E-state index in [-0.39, 0.29) is 6.61 Å². The van der Waals surface area contributed by atoms with Crippen LogP contribution in [0.5, 0.6) is 0 Å². The van der Waals surface area contributed by atoms with Gasteiger partial charge in [0.15, 0.2) is 0 Å². The van der Waals surface area contributed by atoms with Gasteiger partial charge in [-0.05, 0) is 13.1 Å². The molecule has 0 aromatic rings. The average Bonchev–Trinajstić information content (AvgIpc) is 2.05. The van der Waals surface area contributed by atoms with Gasteiger partial charge < -0.3 is 9.64 Å². The van der Waals surface area contributed by atoms with Crippen molar-refractivity contribution in [2.24, 2.45) is 0 Å². The van der Waals surface area contributed by atoms with Crippen molar-refractivity contribution in [2.45, 2.75) is 13.8 Å². The summed E-state index contributed by atoms with van der Waals surface area (Å²) in [5, 5.41) is 9.98. The van der Waals surface area contributed by atoms with Crippen LogP contribution in [-0.2, 0) is 9.84 Å². The van der Waals surface area contributed by atoms with Gasteiger partial charge in [-0.3, -0.25) is 0 Å². The summed E-state index contributed by atoms with van der Waals surface area (Å²) in [6.45, 7) is 8.19. The molecule has 67 valence electrons. The maximum Gasteiger partial charge on any atom is 0.106 e. The van der Waals surface area contributed by atoms with Crippen molar-refractivity contribution in [3.63, 3.8) is 0 Å². The third-order valence-corrected chi connectivity index (χ3v) is 1.67. The van der Waals surface area contributed by atoms with E-state index in [4.69, 9.17) is 4.74 Å². The lowest BCUT2D eigenvalue weighted by molar-refractivity contribution is 0.0526. The lowest BCUT2D eigenvalue weighted by Crippen LogP contribution is -2.27. The zero-order chi connectivity index (χ0) is 8.53. The van der Waals surface area contributed by atoms with Gasteiger partial charge in [0.2, 0.25) is 0 Å². The zero-order valence-corrected chi connectivity index (χ0v) is 7.51. The monoisotopic (exact) mass is 160 g/mol. The fourth-order valence-corrected chi connectivity index (χ4v) is 0.894. The van der Waals surface area contributed by atoms with Crippen molar-refractivity contribution in [1.29, 1.82) is 0 Å². The highest BCUT2D eigenvalue weighted by molar-refractivity contribution is 4.49. The Morgan fingerprint density at radius 2 is 1.82 bits per heavy atom. The summed E-state index contributed by atoms with van der Waals surface area (Å²) in [4.78, 5) is 2.27. The average molecular weight is 160 g/mol. The molecule has 0 heterocycles. The molecule has 0 spiro atoms. The first-order chi connectivity index (χ1) is 5.35. The number of rotatable bonds is 7. The fraction of sp³-hybridized carbons (Fsp3) is 1.00. The lowest BCUT2D eigenvalue weighted by atomic mass is 10.5. The van der Waals surface area contributed by atoms with Gasteiger partial charge in [-0.1, -0.05) is 13.8 Å². The van der Waals surface area contributed by atoms with Crippen molar-refractivity contribution in [3.05, 3.63) is 0 Å². The molecular formula is C8H18NO2. The Labute approximate surface area is 69.0 Å². The second-order valence-electron chi connectivity index (χ2n) is 2.34. The third kappa shape index (κ3) is 6.28. The van der Waals surface area contributed by atoms with E-state index >= 15 is 0 Å². The van der Waals surface area contributed by atoms with E-state index in [1.165, 1.54) is 0 Å². The van der Waals surface area contributed by atoms with Gasteiger partial charge in [-0.15, -0.1) is 0 Å². The standard InChI is InChI=1S/C8H18NO2/c1-3-9(4-2)5-7-11-8-6-10/h3-8H2,1-2H3. The second-order valence-corrected chi connectivity index (χ2v) is 2.34. The minimum Gasteiger partial charge on any atom is -0.378 e. The van der Waals surface area contributed by atoms with Gasteiger partial charge in [0.25, 0.3) is 0 Å². The molecule has 0 saturated carbocycles. The first-order valence-corrected chi connectivity index (χ1v) is 4.23. The van der Waals surface area contributed by atoms with Crippen LogP contribution < -0.4 is 0 Å². The number of ether oxygens (including phenoxy) is 1. The van der Waals surface area contributed by atoms with Gasteiger partial charge in [0, 0.05) is 6.54 Å². The zero-order valence-electron chi connectivity index (χ0n) is 7.51. The van der Waals surface area contributed by atoms with Gasteiger partial charge in [0.05, 0.1) is 13.2 Å². The Morgan fingerprint density at radius 1 is 1.18 bits per heavy atom. The molecule has 0 fully saturated rings. The smallest absolute Gasteiger partial charge is 0.106 e.